The number of rotatable bonds is 1. The SMILES string of the molecule is CC(C)(C)OC(=O)N1C[C@H]2CN(c3cncc(Cl)n3)C[C@H]21.CC(C)(C)OC(=O)N1C[C@H]2CNC[C@H]21. The minimum atomic E-state index is -0.459. The number of nitrogens with zero attached hydrogens (tertiary/aromatic N) is 5. The molecule has 1 aromatic heterocycles. The lowest BCUT2D eigenvalue weighted by atomic mass is 9.93. The minimum absolute atomic E-state index is 0.164. The maximum absolute atomic E-state index is 12.1. The quantitative estimate of drug-likeness (QED) is 0.618. The van der Waals surface area contributed by atoms with E-state index in [0.29, 0.717) is 23.0 Å². The van der Waals surface area contributed by atoms with E-state index < -0.39 is 5.60 Å². The summed E-state index contributed by atoms with van der Waals surface area (Å²) >= 11 is 5.88. The van der Waals surface area contributed by atoms with Crippen molar-refractivity contribution in [3.8, 4) is 0 Å². The molecule has 4 saturated heterocycles. The van der Waals surface area contributed by atoms with Crippen molar-refractivity contribution in [3.05, 3.63) is 17.5 Å². The number of halogens is 1. The first-order chi connectivity index (χ1) is 16.3. The Morgan fingerprint density at radius 2 is 1.49 bits per heavy atom. The van der Waals surface area contributed by atoms with E-state index >= 15 is 0 Å². The summed E-state index contributed by atoms with van der Waals surface area (Å²) in [6.45, 7) is 16.5. The van der Waals surface area contributed by atoms with Crippen LogP contribution in [0, 0.1) is 11.8 Å². The number of carbonyl (C=O) groups is 2. The molecule has 4 atom stereocenters. The third-order valence-electron chi connectivity index (χ3n) is 6.55. The number of nitrogens with one attached hydrogen (secondary N) is 1. The Bertz CT molecular complexity index is 949. The van der Waals surface area contributed by atoms with E-state index in [-0.39, 0.29) is 23.8 Å². The van der Waals surface area contributed by atoms with Gasteiger partial charge in [-0.05, 0) is 41.5 Å². The summed E-state index contributed by atoms with van der Waals surface area (Å²) in [5.74, 6) is 1.89. The predicted octanol–water partition coefficient (Wildman–Crippen LogP) is 3.01. The molecule has 0 saturated carbocycles. The summed E-state index contributed by atoms with van der Waals surface area (Å²) in [7, 11) is 0. The number of amides is 2. The topological polar surface area (TPSA) is 100 Å². The van der Waals surface area contributed by atoms with Crippen LogP contribution in [0.1, 0.15) is 41.5 Å². The molecule has 2 amide bonds. The molecule has 35 heavy (non-hydrogen) atoms. The summed E-state index contributed by atoms with van der Waals surface area (Å²) in [6, 6.07) is 0.575. The Morgan fingerprint density at radius 3 is 2.06 bits per heavy atom. The zero-order valence-corrected chi connectivity index (χ0v) is 22.2. The molecular formula is C24H37ClN6O4. The van der Waals surface area contributed by atoms with Crippen LogP contribution in [0.25, 0.3) is 0 Å². The van der Waals surface area contributed by atoms with Gasteiger partial charge in [0.25, 0.3) is 0 Å². The number of carbonyl (C=O) groups excluding carboxylic acids is 2. The number of fused-ring (bicyclic) bond motifs is 2. The number of anilines is 1. The Balaban J connectivity index is 0.000000179. The maximum atomic E-state index is 12.1. The molecule has 1 aromatic rings. The van der Waals surface area contributed by atoms with Crippen molar-refractivity contribution < 1.29 is 19.1 Å². The molecule has 4 aliphatic rings. The highest BCUT2D eigenvalue weighted by Crippen LogP contribution is 2.35. The van der Waals surface area contributed by atoms with Gasteiger partial charge in [-0.2, -0.15) is 0 Å². The molecule has 10 nitrogen and oxygen atoms in total. The smallest absolute Gasteiger partial charge is 0.410 e. The van der Waals surface area contributed by atoms with Gasteiger partial charge in [-0.3, -0.25) is 4.98 Å². The van der Waals surface area contributed by atoms with E-state index in [9.17, 15) is 9.59 Å². The van der Waals surface area contributed by atoms with Gasteiger partial charge >= 0.3 is 12.2 Å². The summed E-state index contributed by atoms with van der Waals surface area (Å²) in [4.78, 5) is 37.9. The lowest BCUT2D eigenvalue weighted by Gasteiger charge is -2.43. The van der Waals surface area contributed by atoms with Crippen LogP contribution in [0.5, 0.6) is 0 Å². The molecule has 0 radical (unpaired) electrons. The minimum Gasteiger partial charge on any atom is -0.444 e. The first kappa shape index (κ1) is 25.8. The monoisotopic (exact) mass is 508 g/mol. The number of hydrogen-bond donors (Lipinski definition) is 1. The largest absolute Gasteiger partial charge is 0.444 e. The van der Waals surface area contributed by atoms with Crippen molar-refractivity contribution in [1.82, 2.24) is 25.1 Å². The first-order valence-corrected chi connectivity index (χ1v) is 12.6. The average molecular weight is 509 g/mol. The van der Waals surface area contributed by atoms with E-state index in [4.69, 9.17) is 21.1 Å². The molecule has 11 heteroatoms. The average Bonchev–Trinajstić information content (AvgIpc) is 3.20. The predicted molar refractivity (Wildman–Crippen MR) is 133 cm³/mol. The molecule has 0 bridgehead atoms. The van der Waals surface area contributed by atoms with Gasteiger partial charge < -0.3 is 29.5 Å². The second kappa shape index (κ2) is 9.61. The molecule has 4 aliphatic heterocycles. The molecular weight excluding hydrogens is 472 g/mol. The molecule has 0 unspecified atom stereocenters. The van der Waals surface area contributed by atoms with Crippen LogP contribution in [-0.2, 0) is 9.47 Å². The van der Waals surface area contributed by atoms with Gasteiger partial charge in [-0.1, -0.05) is 11.6 Å². The zero-order chi connectivity index (χ0) is 25.5. The first-order valence-electron chi connectivity index (χ1n) is 12.2. The van der Waals surface area contributed by atoms with Gasteiger partial charge in [0.1, 0.15) is 22.2 Å². The highest BCUT2D eigenvalue weighted by Gasteiger charge is 2.49. The van der Waals surface area contributed by atoms with Crippen LogP contribution in [0.3, 0.4) is 0 Å². The highest BCUT2D eigenvalue weighted by molar-refractivity contribution is 6.29. The summed E-state index contributed by atoms with van der Waals surface area (Å²) < 4.78 is 10.7. The van der Waals surface area contributed by atoms with E-state index in [1.54, 1.807) is 11.1 Å². The van der Waals surface area contributed by atoms with Crippen LogP contribution < -0.4 is 10.2 Å². The molecule has 194 valence electrons. The number of aromatic nitrogens is 2. The van der Waals surface area contributed by atoms with Crippen LogP contribution in [0.2, 0.25) is 5.15 Å². The number of hydrogen-bond acceptors (Lipinski definition) is 8. The van der Waals surface area contributed by atoms with Crippen LogP contribution in [0.4, 0.5) is 15.4 Å². The fourth-order valence-corrected chi connectivity index (χ4v) is 5.03. The second-order valence-corrected chi connectivity index (χ2v) is 12.1. The summed E-state index contributed by atoms with van der Waals surface area (Å²) in [5.41, 5.74) is -0.840. The van der Waals surface area contributed by atoms with E-state index in [2.05, 4.69) is 20.2 Å². The molecule has 5 rings (SSSR count). The number of ether oxygens (including phenoxy) is 2. The van der Waals surface area contributed by atoms with Crippen molar-refractivity contribution in [2.75, 3.05) is 44.2 Å². The lowest BCUT2D eigenvalue weighted by molar-refractivity contribution is -0.0171. The molecule has 1 N–H and O–H groups in total. The zero-order valence-electron chi connectivity index (χ0n) is 21.5. The highest BCUT2D eigenvalue weighted by atomic mass is 35.5. The van der Waals surface area contributed by atoms with Crippen molar-refractivity contribution in [2.24, 2.45) is 11.8 Å². The third kappa shape index (κ3) is 6.09. The van der Waals surface area contributed by atoms with E-state index in [1.165, 1.54) is 6.20 Å². The molecule has 5 heterocycles. The van der Waals surface area contributed by atoms with Gasteiger partial charge in [-0.25, -0.2) is 14.6 Å². The third-order valence-corrected chi connectivity index (χ3v) is 6.73. The van der Waals surface area contributed by atoms with E-state index in [0.717, 1.165) is 45.1 Å². The number of likely N-dealkylation sites (tertiary alicyclic amines) is 2. The van der Waals surface area contributed by atoms with Gasteiger partial charge in [0.15, 0.2) is 0 Å². The van der Waals surface area contributed by atoms with Gasteiger partial charge in [0.05, 0.1) is 24.5 Å². The normalized spacial score (nSPS) is 27.1. The molecule has 0 aromatic carbocycles. The Morgan fingerprint density at radius 1 is 0.886 bits per heavy atom. The van der Waals surface area contributed by atoms with Crippen molar-refractivity contribution in [3.63, 3.8) is 0 Å². The van der Waals surface area contributed by atoms with E-state index in [1.807, 2.05) is 46.4 Å². The van der Waals surface area contributed by atoms with Crippen LogP contribution >= 0.6 is 11.6 Å². The Kier molecular flexibility index (Phi) is 7.07. The second-order valence-electron chi connectivity index (χ2n) is 11.7. The standard InChI is InChI=1S/C14H19ClN4O2.C10H18N2O2/c1-14(2,3)21-13(20)19-7-9-6-18(8-10(9)19)12-5-16-4-11(15)17-12;1-10(2,3)14-9(13)12-6-7-4-11-5-8(7)12/h4-5,9-10H,6-8H2,1-3H3;7-8,11H,4-6H2,1-3H3/t9-,10-;7-,8-/m11/s1. The van der Waals surface area contributed by atoms with Crippen LogP contribution in [0.15, 0.2) is 12.4 Å². The fraction of sp³-hybridized carbons (Fsp3) is 0.750. The molecule has 0 spiro atoms. The maximum Gasteiger partial charge on any atom is 0.410 e. The molecule has 4 fully saturated rings. The fourth-order valence-electron chi connectivity index (χ4n) is 4.89. The Labute approximate surface area is 212 Å². The van der Waals surface area contributed by atoms with Crippen molar-refractivity contribution in [2.45, 2.75) is 64.8 Å². The van der Waals surface area contributed by atoms with Crippen molar-refractivity contribution in [1.29, 1.82) is 0 Å². The summed E-state index contributed by atoms with van der Waals surface area (Å²) in [6.07, 6.45) is 2.82. The van der Waals surface area contributed by atoms with Crippen LogP contribution in [-0.4, -0.2) is 94.5 Å². The van der Waals surface area contributed by atoms with Gasteiger partial charge in [-0.15, -0.1) is 0 Å². The van der Waals surface area contributed by atoms with Gasteiger partial charge in [0.2, 0.25) is 0 Å². The van der Waals surface area contributed by atoms with Gasteiger partial charge in [0, 0.05) is 51.1 Å². The lowest BCUT2D eigenvalue weighted by Crippen LogP contribution is -2.59. The Hall–Kier alpha value is -2.33. The van der Waals surface area contributed by atoms with Crippen molar-refractivity contribution >= 4 is 29.6 Å². The molecule has 0 aliphatic carbocycles. The summed E-state index contributed by atoms with van der Waals surface area (Å²) in [5, 5.41) is 3.67.